The minimum absolute atomic E-state index is 0.164. The maximum atomic E-state index is 13.5. The lowest BCUT2D eigenvalue weighted by Crippen LogP contribution is -2.21. The highest BCUT2D eigenvalue weighted by Gasteiger charge is 2.12. The first-order valence-electron chi connectivity index (χ1n) is 6.40. The lowest BCUT2D eigenvalue weighted by molar-refractivity contribution is 0.511. The molecule has 2 aromatic rings. The number of hydrogen-bond donors (Lipinski definition) is 1. The van der Waals surface area contributed by atoms with Gasteiger partial charge in [-0.05, 0) is 59.5 Å². The minimum atomic E-state index is -0.349. The largest absolute Gasteiger partial charge is 0.310 e. The van der Waals surface area contributed by atoms with Gasteiger partial charge in [-0.15, -0.1) is 0 Å². The summed E-state index contributed by atoms with van der Waals surface area (Å²) >= 11 is 7.43. The fourth-order valence-corrected chi connectivity index (χ4v) is 2.93. The Kier molecular flexibility index (Phi) is 5.37. The quantitative estimate of drug-likeness (QED) is 0.806. The molecule has 2 rings (SSSR count). The zero-order chi connectivity index (χ0) is 13.7. The fraction of sp³-hybridized carbons (Fsp3) is 0.333. The van der Waals surface area contributed by atoms with E-state index in [0.29, 0.717) is 0 Å². The number of rotatable bonds is 6. The van der Waals surface area contributed by atoms with E-state index in [2.05, 4.69) is 29.1 Å². The summed E-state index contributed by atoms with van der Waals surface area (Å²) in [6, 6.07) is 7.35. The standard InChI is InChI=1S/C15H17ClFNS/c1-2-18-15(6-3-11-7-8-19-10-11)12-4-5-13(16)14(17)9-12/h4-5,7-10,15,18H,2-3,6H2,1H3. The number of hydrogen-bond acceptors (Lipinski definition) is 2. The van der Waals surface area contributed by atoms with Crippen molar-refractivity contribution in [3.05, 3.63) is 57.0 Å². The molecule has 0 aliphatic rings. The average Bonchev–Trinajstić information content (AvgIpc) is 2.91. The fourth-order valence-electron chi connectivity index (χ4n) is 2.11. The molecule has 1 heterocycles. The Bertz CT molecular complexity index is 513. The monoisotopic (exact) mass is 297 g/mol. The van der Waals surface area contributed by atoms with Gasteiger partial charge in [-0.2, -0.15) is 11.3 Å². The van der Waals surface area contributed by atoms with Crippen LogP contribution in [0.5, 0.6) is 0 Å². The van der Waals surface area contributed by atoms with Crippen molar-refractivity contribution >= 4 is 22.9 Å². The molecule has 1 aromatic heterocycles. The van der Waals surface area contributed by atoms with Crippen LogP contribution in [0.4, 0.5) is 4.39 Å². The van der Waals surface area contributed by atoms with Crippen LogP contribution in [0, 0.1) is 5.82 Å². The van der Waals surface area contributed by atoms with E-state index < -0.39 is 0 Å². The van der Waals surface area contributed by atoms with Crippen LogP contribution in [0.25, 0.3) is 0 Å². The van der Waals surface area contributed by atoms with Crippen LogP contribution in [-0.2, 0) is 6.42 Å². The van der Waals surface area contributed by atoms with Gasteiger partial charge in [-0.25, -0.2) is 4.39 Å². The van der Waals surface area contributed by atoms with Crippen LogP contribution < -0.4 is 5.32 Å². The summed E-state index contributed by atoms with van der Waals surface area (Å²) in [5.74, 6) is -0.349. The third-order valence-electron chi connectivity index (χ3n) is 3.10. The van der Waals surface area contributed by atoms with Gasteiger partial charge in [0, 0.05) is 6.04 Å². The Hall–Kier alpha value is -0.900. The molecule has 1 atom stereocenters. The van der Waals surface area contributed by atoms with E-state index in [-0.39, 0.29) is 16.9 Å². The van der Waals surface area contributed by atoms with E-state index in [1.54, 1.807) is 17.4 Å². The molecule has 1 N–H and O–H groups in total. The van der Waals surface area contributed by atoms with Gasteiger partial charge in [-0.3, -0.25) is 0 Å². The van der Waals surface area contributed by atoms with Crippen LogP contribution >= 0.6 is 22.9 Å². The third kappa shape index (κ3) is 4.03. The Balaban J connectivity index is 2.07. The predicted octanol–water partition coefficient (Wildman–Crippen LogP) is 4.82. The highest BCUT2D eigenvalue weighted by Crippen LogP contribution is 2.24. The zero-order valence-electron chi connectivity index (χ0n) is 10.8. The van der Waals surface area contributed by atoms with Crippen molar-refractivity contribution in [3.8, 4) is 0 Å². The molecule has 0 saturated heterocycles. The first kappa shape index (κ1) is 14.5. The van der Waals surface area contributed by atoms with Crippen LogP contribution in [-0.4, -0.2) is 6.54 Å². The summed E-state index contributed by atoms with van der Waals surface area (Å²) in [5, 5.41) is 7.82. The van der Waals surface area contributed by atoms with E-state index in [1.807, 2.05) is 6.07 Å². The van der Waals surface area contributed by atoms with Gasteiger partial charge in [0.25, 0.3) is 0 Å². The van der Waals surface area contributed by atoms with Crippen LogP contribution in [0.15, 0.2) is 35.0 Å². The highest BCUT2D eigenvalue weighted by molar-refractivity contribution is 7.07. The summed E-state index contributed by atoms with van der Waals surface area (Å²) in [7, 11) is 0. The molecule has 0 aliphatic carbocycles. The molecule has 1 nitrogen and oxygen atoms in total. The predicted molar refractivity (Wildman–Crippen MR) is 80.5 cm³/mol. The molecule has 1 unspecified atom stereocenters. The van der Waals surface area contributed by atoms with Crippen molar-refractivity contribution in [2.75, 3.05) is 6.54 Å². The van der Waals surface area contributed by atoms with Crippen molar-refractivity contribution in [3.63, 3.8) is 0 Å². The van der Waals surface area contributed by atoms with E-state index in [4.69, 9.17) is 11.6 Å². The molecule has 0 fully saturated rings. The summed E-state index contributed by atoms with van der Waals surface area (Å²) in [6.07, 6.45) is 1.94. The highest BCUT2D eigenvalue weighted by atomic mass is 35.5. The van der Waals surface area contributed by atoms with Crippen molar-refractivity contribution in [2.24, 2.45) is 0 Å². The molecule has 0 amide bonds. The molecular formula is C15H17ClFNS. The number of nitrogens with one attached hydrogen (secondary N) is 1. The lowest BCUT2D eigenvalue weighted by atomic mass is 10.00. The second kappa shape index (κ2) is 7.04. The van der Waals surface area contributed by atoms with Gasteiger partial charge in [0.1, 0.15) is 5.82 Å². The summed E-state index contributed by atoms with van der Waals surface area (Å²) in [4.78, 5) is 0. The van der Waals surface area contributed by atoms with Crippen molar-refractivity contribution < 1.29 is 4.39 Å². The summed E-state index contributed by atoms with van der Waals surface area (Å²) < 4.78 is 13.5. The van der Waals surface area contributed by atoms with Crippen LogP contribution in [0.2, 0.25) is 5.02 Å². The normalized spacial score (nSPS) is 12.6. The molecule has 102 valence electrons. The van der Waals surface area contributed by atoms with E-state index in [1.165, 1.54) is 11.6 Å². The van der Waals surface area contributed by atoms with Crippen molar-refractivity contribution in [1.82, 2.24) is 5.32 Å². The minimum Gasteiger partial charge on any atom is -0.310 e. The second-order valence-corrected chi connectivity index (χ2v) is 5.64. The maximum absolute atomic E-state index is 13.5. The number of thiophene rings is 1. The second-order valence-electron chi connectivity index (χ2n) is 4.45. The van der Waals surface area contributed by atoms with Gasteiger partial charge in [0.2, 0.25) is 0 Å². The molecule has 0 saturated carbocycles. The molecule has 19 heavy (non-hydrogen) atoms. The molecule has 0 aliphatic heterocycles. The van der Waals surface area contributed by atoms with Gasteiger partial charge in [0.15, 0.2) is 0 Å². The van der Waals surface area contributed by atoms with Crippen molar-refractivity contribution in [2.45, 2.75) is 25.8 Å². The first-order chi connectivity index (χ1) is 9.20. The maximum Gasteiger partial charge on any atom is 0.142 e. The first-order valence-corrected chi connectivity index (χ1v) is 7.72. The average molecular weight is 298 g/mol. The molecule has 0 spiro atoms. The van der Waals surface area contributed by atoms with Crippen molar-refractivity contribution in [1.29, 1.82) is 0 Å². The lowest BCUT2D eigenvalue weighted by Gasteiger charge is -2.18. The summed E-state index contributed by atoms with van der Waals surface area (Å²) in [6.45, 7) is 2.92. The topological polar surface area (TPSA) is 12.0 Å². The number of halogens is 2. The third-order valence-corrected chi connectivity index (χ3v) is 4.14. The summed E-state index contributed by atoms with van der Waals surface area (Å²) in [5.41, 5.74) is 2.29. The van der Waals surface area contributed by atoms with E-state index in [9.17, 15) is 4.39 Å². The molecular weight excluding hydrogens is 281 g/mol. The number of benzene rings is 1. The number of aryl methyl sites for hydroxylation is 1. The molecule has 1 aromatic carbocycles. The van der Waals surface area contributed by atoms with Crippen LogP contribution in [0.1, 0.15) is 30.5 Å². The molecule has 0 radical (unpaired) electrons. The van der Waals surface area contributed by atoms with E-state index in [0.717, 1.165) is 24.9 Å². The smallest absolute Gasteiger partial charge is 0.142 e. The SMILES string of the molecule is CCNC(CCc1ccsc1)c1ccc(Cl)c(F)c1. The molecule has 0 bridgehead atoms. The van der Waals surface area contributed by atoms with Gasteiger partial charge in [-0.1, -0.05) is 24.6 Å². The van der Waals surface area contributed by atoms with Crippen LogP contribution in [0.3, 0.4) is 0 Å². The Morgan fingerprint density at radius 3 is 2.84 bits per heavy atom. The molecule has 4 heteroatoms. The van der Waals surface area contributed by atoms with E-state index >= 15 is 0 Å². The zero-order valence-corrected chi connectivity index (χ0v) is 12.4. The Morgan fingerprint density at radius 1 is 1.37 bits per heavy atom. The van der Waals surface area contributed by atoms with Gasteiger partial charge < -0.3 is 5.32 Å². The Morgan fingerprint density at radius 2 is 2.21 bits per heavy atom. The Labute approximate surface area is 122 Å². The van der Waals surface area contributed by atoms with Gasteiger partial charge >= 0.3 is 0 Å². The van der Waals surface area contributed by atoms with Gasteiger partial charge in [0.05, 0.1) is 5.02 Å².